The fourth-order valence-electron chi connectivity index (χ4n) is 1.38. The molecule has 3 nitrogen and oxygen atoms in total. The molecule has 0 bridgehead atoms. The molecule has 1 N–H and O–H groups in total. The first-order chi connectivity index (χ1) is 7.06. The lowest BCUT2D eigenvalue weighted by Gasteiger charge is -2.10. The molecule has 1 rings (SSSR count). The Morgan fingerprint density at radius 2 is 2.20 bits per heavy atom. The Labute approximate surface area is 93.6 Å². The predicted octanol–water partition coefficient (Wildman–Crippen LogP) is 2.67. The lowest BCUT2D eigenvalue weighted by molar-refractivity contribution is -0.136. The number of carbonyl (C=O) groups is 1. The molecular formula is C11H13ClO3. The topological polar surface area (TPSA) is 46.5 Å². The molecule has 0 fully saturated rings. The zero-order chi connectivity index (χ0) is 11.4. The van der Waals surface area contributed by atoms with Crippen molar-refractivity contribution in [3.63, 3.8) is 0 Å². The highest BCUT2D eigenvalue weighted by molar-refractivity contribution is 6.33. The molecule has 0 aliphatic heterocycles. The normalized spacial score (nSPS) is 10.1. The van der Waals surface area contributed by atoms with E-state index in [1.807, 2.05) is 19.1 Å². The maximum absolute atomic E-state index is 10.4. The van der Waals surface area contributed by atoms with Crippen LogP contribution in [0.3, 0.4) is 0 Å². The summed E-state index contributed by atoms with van der Waals surface area (Å²) in [6.45, 7) is 1.89. The Bertz CT molecular complexity index is 374. The Balaban J connectivity index is 2.94. The van der Waals surface area contributed by atoms with Crippen molar-refractivity contribution >= 4 is 17.6 Å². The molecule has 0 aliphatic rings. The summed E-state index contributed by atoms with van der Waals surface area (Å²) < 4.78 is 5.14. The van der Waals surface area contributed by atoms with Gasteiger partial charge in [0.15, 0.2) is 0 Å². The first-order valence-electron chi connectivity index (χ1n) is 4.60. The average Bonchev–Trinajstić information content (AvgIpc) is 2.17. The van der Waals surface area contributed by atoms with Gasteiger partial charge in [-0.2, -0.15) is 0 Å². The van der Waals surface area contributed by atoms with Crippen molar-refractivity contribution in [2.75, 3.05) is 7.11 Å². The van der Waals surface area contributed by atoms with Gasteiger partial charge in [0.05, 0.1) is 12.1 Å². The highest BCUT2D eigenvalue weighted by Gasteiger charge is 2.10. The smallest absolute Gasteiger partial charge is 0.303 e. The van der Waals surface area contributed by atoms with Crippen LogP contribution in [0.5, 0.6) is 5.75 Å². The van der Waals surface area contributed by atoms with Gasteiger partial charge in [0, 0.05) is 6.42 Å². The lowest BCUT2D eigenvalue weighted by atomic mass is 10.1. The number of aliphatic carboxylic acids is 1. The molecule has 0 aromatic heterocycles. The molecule has 82 valence electrons. The van der Waals surface area contributed by atoms with E-state index in [1.54, 1.807) is 7.11 Å². The first-order valence-corrected chi connectivity index (χ1v) is 4.97. The Morgan fingerprint density at radius 3 is 2.73 bits per heavy atom. The van der Waals surface area contributed by atoms with E-state index >= 15 is 0 Å². The molecule has 0 unspecified atom stereocenters. The second-order valence-electron chi connectivity index (χ2n) is 3.28. The van der Waals surface area contributed by atoms with E-state index in [0.717, 1.165) is 11.1 Å². The lowest BCUT2D eigenvalue weighted by Crippen LogP contribution is -1.99. The number of methoxy groups -OCH3 is 1. The van der Waals surface area contributed by atoms with Gasteiger partial charge in [0.1, 0.15) is 5.75 Å². The van der Waals surface area contributed by atoms with E-state index < -0.39 is 5.97 Å². The molecule has 0 saturated heterocycles. The van der Waals surface area contributed by atoms with Crippen molar-refractivity contribution in [3.05, 3.63) is 28.3 Å². The quantitative estimate of drug-likeness (QED) is 0.862. The van der Waals surface area contributed by atoms with Gasteiger partial charge in [-0.05, 0) is 24.5 Å². The number of carboxylic acids is 1. The molecule has 0 radical (unpaired) electrons. The molecule has 0 amide bonds. The van der Waals surface area contributed by atoms with Crippen LogP contribution in [0.2, 0.25) is 5.02 Å². The summed E-state index contributed by atoms with van der Waals surface area (Å²) in [5, 5.41) is 9.09. The molecule has 0 aliphatic carbocycles. The number of benzene rings is 1. The summed E-state index contributed by atoms with van der Waals surface area (Å²) in [5.41, 5.74) is 1.75. The average molecular weight is 229 g/mol. The van der Waals surface area contributed by atoms with Gasteiger partial charge >= 0.3 is 5.97 Å². The Morgan fingerprint density at radius 1 is 1.53 bits per heavy atom. The minimum absolute atomic E-state index is 0.0753. The number of carboxylic acid groups (broad SMARTS) is 1. The van der Waals surface area contributed by atoms with E-state index in [2.05, 4.69) is 0 Å². The van der Waals surface area contributed by atoms with E-state index in [0.29, 0.717) is 17.2 Å². The van der Waals surface area contributed by atoms with Crippen molar-refractivity contribution in [2.45, 2.75) is 19.8 Å². The number of hydrogen-bond donors (Lipinski definition) is 1. The summed E-state index contributed by atoms with van der Waals surface area (Å²) in [7, 11) is 1.55. The van der Waals surface area contributed by atoms with Gasteiger partial charge in [-0.1, -0.05) is 23.7 Å². The third kappa shape index (κ3) is 2.86. The summed E-state index contributed by atoms with van der Waals surface area (Å²) in [4.78, 5) is 10.4. The second kappa shape index (κ2) is 5.03. The third-order valence-electron chi connectivity index (χ3n) is 2.19. The van der Waals surface area contributed by atoms with Gasteiger partial charge < -0.3 is 9.84 Å². The Hall–Kier alpha value is -1.22. The zero-order valence-corrected chi connectivity index (χ0v) is 9.47. The van der Waals surface area contributed by atoms with Crippen molar-refractivity contribution in [2.24, 2.45) is 0 Å². The number of halogens is 1. The number of rotatable bonds is 4. The molecule has 0 heterocycles. The molecule has 0 atom stereocenters. The van der Waals surface area contributed by atoms with Crippen LogP contribution in [0.1, 0.15) is 17.5 Å². The largest absolute Gasteiger partial charge is 0.495 e. The van der Waals surface area contributed by atoms with Crippen molar-refractivity contribution < 1.29 is 14.6 Å². The molecule has 0 saturated carbocycles. The zero-order valence-electron chi connectivity index (χ0n) is 8.71. The van der Waals surface area contributed by atoms with Gasteiger partial charge in [0.25, 0.3) is 0 Å². The highest BCUT2D eigenvalue weighted by atomic mass is 35.5. The van der Waals surface area contributed by atoms with E-state index in [1.165, 1.54) is 0 Å². The molecule has 4 heteroatoms. The predicted molar refractivity (Wildman–Crippen MR) is 58.7 cm³/mol. The van der Waals surface area contributed by atoms with E-state index in [9.17, 15) is 4.79 Å². The van der Waals surface area contributed by atoms with Gasteiger partial charge in [0.2, 0.25) is 0 Å². The standard InChI is InChI=1S/C11H13ClO3/c1-7-3-4-8(5-6-9(13)14)10(12)11(7)15-2/h3-4H,5-6H2,1-2H3,(H,13,14). The highest BCUT2D eigenvalue weighted by Crippen LogP contribution is 2.32. The monoisotopic (exact) mass is 228 g/mol. The maximum Gasteiger partial charge on any atom is 0.303 e. The van der Waals surface area contributed by atoms with Crippen molar-refractivity contribution in [3.8, 4) is 5.75 Å². The van der Waals surface area contributed by atoms with Gasteiger partial charge in [-0.25, -0.2) is 0 Å². The van der Waals surface area contributed by atoms with Crippen LogP contribution in [0.25, 0.3) is 0 Å². The molecule has 1 aromatic carbocycles. The van der Waals surface area contributed by atoms with Crippen LogP contribution in [-0.4, -0.2) is 18.2 Å². The fourth-order valence-corrected chi connectivity index (χ4v) is 1.76. The minimum Gasteiger partial charge on any atom is -0.495 e. The van der Waals surface area contributed by atoms with Crippen LogP contribution >= 0.6 is 11.6 Å². The maximum atomic E-state index is 10.4. The van der Waals surface area contributed by atoms with Crippen molar-refractivity contribution in [1.29, 1.82) is 0 Å². The van der Waals surface area contributed by atoms with Gasteiger partial charge in [-0.3, -0.25) is 4.79 Å². The van der Waals surface area contributed by atoms with Crippen LogP contribution in [0, 0.1) is 6.92 Å². The molecule has 0 spiro atoms. The van der Waals surface area contributed by atoms with Crippen molar-refractivity contribution in [1.82, 2.24) is 0 Å². The SMILES string of the molecule is COc1c(C)ccc(CCC(=O)O)c1Cl. The third-order valence-corrected chi connectivity index (χ3v) is 2.60. The summed E-state index contributed by atoms with van der Waals surface area (Å²) in [6.07, 6.45) is 0.497. The number of ether oxygens (including phenoxy) is 1. The number of aryl methyl sites for hydroxylation is 2. The molecule has 1 aromatic rings. The van der Waals surface area contributed by atoms with E-state index in [-0.39, 0.29) is 6.42 Å². The summed E-state index contributed by atoms with van der Waals surface area (Å²) in [5.74, 6) is -0.204. The molecule has 15 heavy (non-hydrogen) atoms. The minimum atomic E-state index is -0.828. The second-order valence-corrected chi connectivity index (χ2v) is 3.66. The van der Waals surface area contributed by atoms with Gasteiger partial charge in [-0.15, -0.1) is 0 Å². The summed E-state index contributed by atoms with van der Waals surface area (Å²) in [6, 6.07) is 3.71. The number of hydrogen-bond acceptors (Lipinski definition) is 2. The van der Waals surface area contributed by atoms with Crippen LogP contribution in [0.15, 0.2) is 12.1 Å². The fraction of sp³-hybridized carbons (Fsp3) is 0.364. The van der Waals surface area contributed by atoms with Crippen LogP contribution in [0.4, 0.5) is 0 Å². The van der Waals surface area contributed by atoms with E-state index in [4.69, 9.17) is 21.4 Å². The first kappa shape index (κ1) is 11.9. The van der Waals surface area contributed by atoms with Crippen LogP contribution < -0.4 is 4.74 Å². The molecular weight excluding hydrogens is 216 g/mol. The Kier molecular flexibility index (Phi) is 3.97. The summed E-state index contributed by atoms with van der Waals surface area (Å²) >= 11 is 6.08. The van der Waals surface area contributed by atoms with Crippen LogP contribution in [-0.2, 0) is 11.2 Å².